The van der Waals surface area contributed by atoms with E-state index in [1.807, 2.05) is 19.1 Å². The molecule has 6 heteroatoms. The van der Waals surface area contributed by atoms with Crippen molar-refractivity contribution in [2.45, 2.75) is 24.0 Å². The maximum atomic E-state index is 11.5. The molecule has 1 aliphatic heterocycles. The van der Waals surface area contributed by atoms with Crippen LogP contribution in [0.5, 0.6) is 0 Å². The Bertz CT molecular complexity index is 541. The van der Waals surface area contributed by atoms with Crippen molar-refractivity contribution in [1.82, 2.24) is 0 Å². The molecule has 0 spiro atoms. The number of anilines is 1. The lowest BCUT2D eigenvalue weighted by Crippen LogP contribution is -2.48. The molecule has 1 aromatic rings. The van der Waals surface area contributed by atoms with Gasteiger partial charge in [0.25, 0.3) is 0 Å². The molecule has 1 aliphatic rings. The fraction of sp³-hybridized carbons (Fsp3) is 0.571. The molecule has 0 amide bonds. The molecule has 0 N–H and O–H groups in total. The van der Waals surface area contributed by atoms with Crippen molar-refractivity contribution in [3.05, 3.63) is 24.3 Å². The molecule has 0 aliphatic carbocycles. The Labute approximate surface area is 120 Å². The summed E-state index contributed by atoms with van der Waals surface area (Å²) in [5.74, 6) is 0. The molecule has 1 aromatic carbocycles. The molecule has 0 bridgehead atoms. The van der Waals surface area contributed by atoms with Gasteiger partial charge in [0.1, 0.15) is 0 Å². The predicted octanol–water partition coefficient (Wildman–Crippen LogP) is 1.33. The van der Waals surface area contributed by atoms with Crippen LogP contribution in [0.2, 0.25) is 0 Å². The van der Waals surface area contributed by atoms with E-state index < -0.39 is 9.84 Å². The lowest BCUT2D eigenvalue weighted by Gasteiger charge is -2.38. The summed E-state index contributed by atoms with van der Waals surface area (Å²) < 4.78 is 33.9. The summed E-state index contributed by atoms with van der Waals surface area (Å²) in [5.41, 5.74) is 1.01. The third-order valence-corrected chi connectivity index (χ3v) is 4.44. The Morgan fingerprint density at radius 2 is 1.95 bits per heavy atom. The molecule has 1 saturated heterocycles. The second-order valence-electron chi connectivity index (χ2n) is 5.20. The fourth-order valence-corrected chi connectivity index (χ4v) is 3.07. The van der Waals surface area contributed by atoms with Gasteiger partial charge < -0.3 is 14.4 Å². The van der Waals surface area contributed by atoms with E-state index in [9.17, 15) is 8.42 Å². The lowest BCUT2D eigenvalue weighted by molar-refractivity contribution is -0.0510. The van der Waals surface area contributed by atoms with Gasteiger partial charge in [-0.05, 0) is 31.2 Å². The Morgan fingerprint density at radius 3 is 2.50 bits per heavy atom. The number of nitrogens with zero attached hydrogens (tertiary/aromatic N) is 1. The Kier molecular flexibility index (Phi) is 4.67. The van der Waals surface area contributed by atoms with Crippen molar-refractivity contribution >= 4 is 15.5 Å². The van der Waals surface area contributed by atoms with Gasteiger partial charge in [-0.15, -0.1) is 0 Å². The Morgan fingerprint density at radius 1 is 1.30 bits per heavy atom. The molecular formula is C14H21NO4S. The van der Waals surface area contributed by atoms with Crippen LogP contribution in [0.3, 0.4) is 0 Å². The normalized spacial score (nSPS) is 23.9. The van der Waals surface area contributed by atoms with Crippen molar-refractivity contribution in [2.75, 3.05) is 38.0 Å². The van der Waals surface area contributed by atoms with Gasteiger partial charge in [0, 0.05) is 32.1 Å². The van der Waals surface area contributed by atoms with E-state index in [-0.39, 0.29) is 12.2 Å². The molecule has 20 heavy (non-hydrogen) atoms. The molecule has 2 unspecified atom stereocenters. The van der Waals surface area contributed by atoms with Crippen LogP contribution < -0.4 is 4.90 Å². The zero-order chi connectivity index (χ0) is 14.8. The van der Waals surface area contributed by atoms with E-state index in [0.29, 0.717) is 11.5 Å². The highest BCUT2D eigenvalue weighted by atomic mass is 32.2. The summed E-state index contributed by atoms with van der Waals surface area (Å²) in [4.78, 5) is 2.54. The van der Waals surface area contributed by atoms with Crippen LogP contribution in [0.25, 0.3) is 0 Å². The Balaban J connectivity index is 2.14. The van der Waals surface area contributed by atoms with E-state index in [0.717, 1.165) is 18.8 Å². The molecule has 0 radical (unpaired) electrons. The van der Waals surface area contributed by atoms with Gasteiger partial charge in [0.05, 0.1) is 23.7 Å². The van der Waals surface area contributed by atoms with E-state index in [2.05, 4.69) is 4.90 Å². The monoisotopic (exact) mass is 299 g/mol. The zero-order valence-corrected chi connectivity index (χ0v) is 12.9. The smallest absolute Gasteiger partial charge is 0.175 e. The van der Waals surface area contributed by atoms with Crippen LogP contribution in [-0.4, -0.2) is 53.7 Å². The number of hydrogen-bond donors (Lipinski definition) is 0. The maximum Gasteiger partial charge on any atom is 0.175 e. The summed E-state index contributed by atoms with van der Waals surface area (Å²) in [5, 5.41) is 0. The van der Waals surface area contributed by atoms with Crippen LogP contribution >= 0.6 is 0 Å². The average molecular weight is 299 g/mol. The number of hydrogen-bond acceptors (Lipinski definition) is 5. The number of methoxy groups -OCH3 is 1. The Hall–Kier alpha value is -1.11. The number of ether oxygens (including phenoxy) is 2. The lowest BCUT2D eigenvalue weighted by atomic mass is 10.2. The second kappa shape index (κ2) is 6.11. The molecule has 2 atom stereocenters. The third-order valence-electron chi connectivity index (χ3n) is 3.31. The minimum Gasteiger partial charge on any atom is -0.382 e. The van der Waals surface area contributed by atoms with Crippen LogP contribution in [0.1, 0.15) is 6.92 Å². The summed E-state index contributed by atoms with van der Waals surface area (Å²) >= 11 is 0. The largest absolute Gasteiger partial charge is 0.382 e. The first kappa shape index (κ1) is 15.3. The van der Waals surface area contributed by atoms with Gasteiger partial charge in [-0.3, -0.25) is 0 Å². The molecular weight excluding hydrogens is 278 g/mol. The molecule has 2 rings (SSSR count). The van der Waals surface area contributed by atoms with Gasteiger partial charge in [-0.25, -0.2) is 8.42 Å². The number of morpholine rings is 1. The molecule has 1 heterocycles. The summed E-state index contributed by atoms with van der Waals surface area (Å²) in [7, 11) is -1.48. The molecule has 112 valence electrons. The summed E-state index contributed by atoms with van der Waals surface area (Å²) in [6.07, 6.45) is 1.38. The molecule has 1 fully saturated rings. The second-order valence-corrected chi connectivity index (χ2v) is 7.21. The first-order valence-electron chi connectivity index (χ1n) is 6.59. The third kappa shape index (κ3) is 3.71. The standard InChI is InChI=1S/C14H21NO4S/c1-11-8-15(9-13(19-11)10-18-2)12-4-6-14(7-5-12)20(3,16)17/h4-7,11,13H,8-10H2,1-3H3. The van der Waals surface area contributed by atoms with E-state index in [4.69, 9.17) is 9.47 Å². The van der Waals surface area contributed by atoms with Crippen LogP contribution in [0.15, 0.2) is 29.2 Å². The summed E-state index contributed by atoms with van der Waals surface area (Å²) in [6, 6.07) is 6.99. The van der Waals surface area contributed by atoms with E-state index in [1.165, 1.54) is 6.26 Å². The average Bonchev–Trinajstić information content (AvgIpc) is 2.37. The zero-order valence-electron chi connectivity index (χ0n) is 12.1. The topological polar surface area (TPSA) is 55.8 Å². The predicted molar refractivity (Wildman–Crippen MR) is 78.0 cm³/mol. The fourth-order valence-electron chi connectivity index (χ4n) is 2.44. The van der Waals surface area contributed by atoms with Crippen LogP contribution in [0.4, 0.5) is 5.69 Å². The first-order valence-corrected chi connectivity index (χ1v) is 8.48. The van der Waals surface area contributed by atoms with Gasteiger partial charge in [0.2, 0.25) is 0 Å². The van der Waals surface area contributed by atoms with Crippen molar-refractivity contribution < 1.29 is 17.9 Å². The SMILES string of the molecule is COCC1CN(c2ccc(S(C)(=O)=O)cc2)CC(C)O1. The highest BCUT2D eigenvalue weighted by Crippen LogP contribution is 2.22. The minimum absolute atomic E-state index is 0.0401. The van der Waals surface area contributed by atoms with E-state index in [1.54, 1.807) is 19.2 Å². The van der Waals surface area contributed by atoms with Crippen molar-refractivity contribution in [1.29, 1.82) is 0 Å². The van der Waals surface area contributed by atoms with Crippen molar-refractivity contribution in [2.24, 2.45) is 0 Å². The molecule has 5 nitrogen and oxygen atoms in total. The number of benzene rings is 1. The molecule has 0 aromatic heterocycles. The first-order chi connectivity index (χ1) is 9.40. The van der Waals surface area contributed by atoms with Crippen LogP contribution in [-0.2, 0) is 19.3 Å². The number of rotatable bonds is 4. The maximum absolute atomic E-state index is 11.5. The summed E-state index contributed by atoms with van der Waals surface area (Å²) in [6.45, 7) is 4.12. The number of sulfone groups is 1. The van der Waals surface area contributed by atoms with Gasteiger partial charge >= 0.3 is 0 Å². The van der Waals surface area contributed by atoms with Crippen LogP contribution in [0, 0.1) is 0 Å². The highest BCUT2D eigenvalue weighted by Gasteiger charge is 2.25. The van der Waals surface area contributed by atoms with Gasteiger partial charge in [-0.2, -0.15) is 0 Å². The quantitative estimate of drug-likeness (QED) is 0.839. The minimum atomic E-state index is -3.14. The highest BCUT2D eigenvalue weighted by molar-refractivity contribution is 7.90. The van der Waals surface area contributed by atoms with E-state index >= 15 is 0 Å². The van der Waals surface area contributed by atoms with Gasteiger partial charge in [-0.1, -0.05) is 0 Å². The molecule has 0 saturated carbocycles. The van der Waals surface area contributed by atoms with Crippen molar-refractivity contribution in [3.8, 4) is 0 Å². The van der Waals surface area contributed by atoms with Gasteiger partial charge in [0.15, 0.2) is 9.84 Å². The van der Waals surface area contributed by atoms with Crippen molar-refractivity contribution in [3.63, 3.8) is 0 Å².